The Morgan fingerprint density at radius 2 is 1.74 bits per heavy atom. The monoisotopic (exact) mass is 381 g/mol. The van der Waals surface area contributed by atoms with E-state index in [4.69, 9.17) is 5.73 Å². The van der Waals surface area contributed by atoms with E-state index in [9.17, 15) is 18.0 Å². The molecule has 0 radical (unpaired) electrons. The van der Waals surface area contributed by atoms with E-state index >= 15 is 0 Å². The molecule has 148 valence electrons. The second-order valence-corrected chi connectivity index (χ2v) is 7.37. The predicted molar refractivity (Wildman–Crippen MR) is 100 cm³/mol. The summed E-state index contributed by atoms with van der Waals surface area (Å²) >= 11 is 0. The zero-order valence-electron chi connectivity index (χ0n) is 16.2. The molecule has 1 atom stereocenters. The Morgan fingerprint density at radius 1 is 1.15 bits per heavy atom. The van der Waals surface area contributed by atoms with Crippen molar-refractivity contribution in [3.8, 4) is 0 Å². The fraction of sp³-hybridized carbons (Fsp3) is 0.400. The molecule has 0 bridgehead atoms. The summed E-state index contributed by atoms with van der Waals surface area (Å²) in [5, 5.41) is 2.68. The highest BCUT2D eigenvalue weighted by molar-refractivity contribution is 5.94. The number of aromatic nitrogens is 1. The minimum Gasteiger partial charge on any atom is -0.346 e. The number of nitrogens with zero attached hydrogens (tertiary/aromatic N) is 1. The van der Waals surface area contributed by atoms with Gasteiger partial charge in [-0.1, -0.05) is 12.1 Å². The van der Waals surface area contributed by atoms with Gasteiger partial charge in [0.05, 0.1) is 11.6 Å². The minimum absolute atomic E-state index is 0. The van der Waals surface area contributed by atoms with Crippen LogP contribution in [0.15, 0.2) is 42.6 Å². The van der Waals surface area contributed by atoms with Gasteiger partial charge in [-0.15, -0.1) is 0 Å². The SMILES string of the molecule is CC(C)(C)N.Cc1cc(C(=O)NC(C)c2cccc(C(F)(F)F)c2)ccn1. The van der Waals surface area contributed by atoms with E-state index in [1.54, 1.807) is 32.0 Å². The van der Waals surface area contributed by atoms with Crippen LogP contribution in [0.4, 0.5) is 13.2 Å². The highest BCUT2D eigenvalue weighted by Crippen LogP contribution is 2.30. The molecule has 0 aliphatic carbocycles. The van der Waals surface area contributed by atoms with Crippen LogP contribution in [0.1, 0.15) is 60.9 Å². The lowest BCUT2D eigenvalue weighted by Crippen LogP contribution is -2.27. The molecule has 2 rings (SSSR count). The number of pyridine rings is 1. The number of amides is 1. The van der Waals surface area contributed by atoms with Gasteiger partial charge in [0.2, 0.25) is 0 Å². The van der Waals surface area contributed by atoms with Gasteiger partial charge < -0.3 is 11.1 Å². The van der Waals surface area contributed by atoms with E-state index in [0.717, 1.165) is 12.1 Å². The lowest BCUT2D eigenvalue weighted by Gasteiger charge is -2.16. The van der Waals surface area contributed by atoms with Crippen molar-refractivity contribution < 1.29 is 18.0 Å². The average molecular weight is 381 g/mol. The number of alkyl halides is 3. The van der Waals surface area contributed by atoms with E-state index in [2.05, 4.69) is 10.3 Å². The summed E-state index contributed by atoms with van der Waals surface area (Å²) in [5.74, 6) is -0.351. The number of nitrogens with two attached hydrogens (primary N) is 1. The van der Waals surface area contributed by atoms with E-state index in [-0.39, 0.29) is 11.4 Å². The molecule has 1 aromatic carbocycles. The number of rotatable bonds is 3. The molecular weight excluding hydrogens is 355 g/mol. The van der Waals surface area contributed by atoms with Crippen LogP contribution in [0.5, 0.6) is 0 Å². The quantitative estimate of drug-likeness (QED) is 0.814. The minimum atomic E-state index is -4.40. The van der Waals surface area contributed by atoms with Crippen LogP contribution in [0.2, 0.25) is 0 Å². The van der Waals surface area contributed by atoms with Crippen molar-refractivity contribution in [3.05, 3.63) is 65.0 Å². The van der Waals surface area contributed by atoms with Crippen LogP contribution in [0, 0.1) is 6.92 Å². The van der Waals surface area contributed by atoms with Gasteiger partial charge >= 0.3 is 6.18 Å². The fourth-order valence-electron chi connectivity index (χ4n) is 2.03. The highest BCUT2D eigenvalue weighted by Gasteiger charge is 2.30. The van der Waals surface area contributed by atoms with Gasteiger partial charge in [0, 0.05) is 23.0 Å². The Balaban J connectivity index is 0.000000646. The van der Waals surface area contributed by atoms with Crippen LogP contribution in [0.3, 0.4) is 0 Å². The van der Waals surface area contributed by atoms with Crippen LogP contribution < -0.4 is 11.1 Å². The van der Waals surface area contributed by atoms with Crippen molar-refractivity contribution in [2.75, 3.05) is 0 Å². The number of benzene rings is 1. The summed E-state index contributed by atoms with van der Waals surface area (Å²) in [6.07, 6.45) is -2.89. The highest BCUT2D eigenvalue weighted by atomic mass is 19.4. The summed E-state index contributed by atoms with van der Waals surface area (Å²) < 4.78 is 38.1. The molecule has 27 heavy (non-hydrogen) atoms. The predicted octanol–water partition coefficient (Wildman–Crippen LogP) is 4.64. The molecule has 1 heterocycles. The van der Waals surface area contributed by atoms with Crippen LogP contribution in [-0.2, 0) is 6.18 Å². The van der Waals surface area contributed by atoms with Gasteiger partial charge in [-0.3, -0.25) is 9.78 Å². The second kappa shape index (κ2) is 8.99. The Bertz CT molecular complexity index is 762. The maximum absolute atomic E-state index is 12.7. The van der Waals surface area contributed by atoms with Gasteiger partial charge in [0.15, 0.2) is 0 Å². The zero-order valence-corrected chi connectivity index (χ0v) is 16.2. The molecule has 0 aliphatic heterocycles. The third kappa shape index (κ3) is 8.68. The van der Waals surface area contributed by atoms with Crippen molar-refractivity contribution in [1.82, 2.24) is 10.3 Å². The number of carbonyl (C=O) groups excluding carboxylic acids is 1. The first-order valence-corrected chi connectivity index (χ1v) is 8.47. The number of nitrogens with one attached hydrogen (secondary N) is 1. The lowest BCUT2D eigenvalue weighted by molar-refractivity contribution is -0.137. The lowest BCUT2D eigenvalue weighted by atomic mass is 10.0. The first kappa shape index (κ1) is 22.6. The zero-order chi connectivity index (χ0) is 20.8. The maximum atomic E-state index is 12.7. The molecule has 7 heteroatoms. The standard InChI is InChI=1S/C16H15F3N2O.C4H11N/c1-10-8-13(6-7-20-10)15(22)21-11(2)12-4-3-5-14(9-12)16(17,18)19;1-4(2,3)5/h3-9,11H,1-2H3,(H,21,22);5H2,1-3H3. The fourth-order valence-corrected chi connectivity index (χ4v) is 2.03. The normalized spacial score (nSPS) is 12.6. The van der Waals surface area contributed by atoms with Crippen molar-refractivity contribution in [3.63, 3.8) is 0 Å². The summed E-state index contributed by atoms with van der Waals surface area (Å²) in [7, 11) is 0. The molecule has 0 spiro atoms. The Kier molecular flexibility index (Phi) is 7.54. The molecule has 0 saturated heterocycles. The first-order chi connectivity index (χ1) is 12.3. The van der Waals surface area contributed by atoms with Crippen LogP contribution in [0.25, 0.3) is 0 Å². The van der Waals surface area contributed by atoms with Gasteiger partial charge in [-0.2, -0.15) is 13.2 Å². The van der Waals surface area contributed by atoms with Gasteiger partial charge in [-0.25, -0.2) is 0 Å². The molecular formula is C20H26F3N3O. The topological polar surface area (TPSA) is 68.0 Å². The molecule has 1 amide bonds. The van der Waals surface area contributed by atoms with Crippen LogP contribution >= 0.6 is 0 Å². The first-order valence-electron chi connectivity index (χ1n) is 8.47. The maximum Gasteiger partial charge on any atom is 0.416 e. The second-order valence-electron chi connectivity index (χ2n) is 7.37. The molecule has 1 aromatic heterocycles. The number of aryl methyl sites for hydroxylation is 1. The Labute approximate surface area is 158 Å². The molecule has 4 nitrogen and oxygen atoms in total. The van der Waals surface area contributed by atoms with Crippen molar-refractivity contribution >= 4 is 5.91 Å². The van der Waals surface area contributed by atoms with E-state index in [1.807, 2.05) is 20.8 Å². The van der Waals surface area contributed by atoms with Crippen LogP contribution in [-0.4, -0.2) is 16.4 Å². The van der Waals surface area contributed by atoms with Crippen molar-refractivity contribution in [2.45, 2.75) is 52.4 Å². The Hall–Kier alpha value is -2.41. The Morgan fingerprint density at radius 3 is 2.26 bits per heavy atom. The summed E-state index contributed by atoms with van der Waals surface area (Å²) in [5.41, 5.74) is 6.14. The van der Waals surface area contributed by atoms with Gasteiger partial charge in [0.1, 0.15) is 0 Å². The smallest absolute Gasteiger partial charge is 0.346 e. The molecule has 0 saturated carbocycles. The summed E-state index contributed by atoms with van der Waals surface area (Å²) in [4.78, 5) is 16.1. The number of hydrogen-bond acceptors (Lipinski definition) is 3. The van der Waals surface area contributed by atoms with E-state index in [1.165, 1.54) is 12.3 Å². The number of carbonyl (C=O) groups is 1. The van der Waals surface area contributed by atoms with Crippen molar-refractivity contribution in [1.29, 1.82) is 0 Å². The molecule has 0 fully saturated rings. The van der Waals surface area contributed by atoms with Crippen molar-refractivity contribution in [2.24, 2.45) is 5.73 Å². The van der Waals surface area contributed by atoms with E-state index in [0.29, 0.717) is 16.8 Å². The van der Waals surface area contributed by atoms with Gasteiger partial charge in [0.25, 0.3) is 5.91 Å². The summed E-state index contributed by atoms with van der Waals surface area (Å²) in [6.45, 7) is 9.29. The molecule has 1 unspecified atom stereocenters. The summed E-state index contributed by atoms with van der Waals surface area (Å²) in [6, 6.07) is 7.57. The third-order valence-corrected chi connectivity index (χ3v) is 3.22. The van der Waals surface area contributed by atoms with E-state index < -0.39 is 17.8 Å². The van der Waals surface area contributed by atoms with Gasteiger partial charge in [-0.05, 0) is 64.4 Å². The largest absolute Gasteiger partial charge is 0.416 e. The average Bonchev–Trinajstić information content (AvgIpc) is 2.52. The molecule has 0 aliphatic rings. The third-order valence-electron chi connectivity index (χ3n) is 3.22. The number of halogens is 3. The molecule has 2 aromatic rings. The number of hydrogen-bond donors (Lipinski definition) is 2. The molecule has 3 N–H and O–H groups in total.